The number of carbonyl (C=O) groups excluding carboxylic acids is 1. The van der Waals surface area contributed by atoms with E-state index in [0.717, 1.165) is 10.0 Å². The number of hydrogen-bond donors (Lipinski definition) is 2. The van der Waals surface area contributed by atoms with Crippen LogP contribution in [0.1, 0.15) is 5.56 Å². The van der Waals surface area contributed by atoms with Gasteiger partial charge in [-0.05, 0) is 36.8 Å². The van der Waals surface area contributed by atoms with E-state index in [1.54, 1.807) is 30.3 Å². The molecule has 0 aliphatic rings. The molecule has 0 atom stereocenters. The second kappa shape index (κ2) is 7.04. The quantitative estimate of drug-likeness (QED) is 0.834. The van der Waals surface area contributed by atoms with Gasteiger partial charge in [0.25, 0.3) is 0 Å². The maximum Gasteiger partial charge on any atom is 0.241 e. The van der Waals surface area contributed by atoms with Gasteiger partial charge in [-0.15, -0.1) is 0 Å². The Morgan fingerprint density at radius 1 is 1.14 bits per heavy atom. The zero-order valence-electron chi connectivity index (χ0n) is 11.8. The van der Waals surface area contributed by atoms with Crippen LogP contribution in [0.5, 0.6) is 0 Å². The molecule has 116 valence electrons. The molecule has 0 unspecified atom stereocenters. The number of hydrogen-bond acceptors (Lipinski definition) is 3. The third-order valence-corrected chi connectivity index (χ3v) is 5.20. The van der Waals surface area contributed by atoms with E-state index in [2.05, 4.69) is 26.0 Å². The van der Waals surface area contributed by atoms with E-state index in [4.69, 9.17) is 0 Å². The predicted octanol–water partition coefficient (Wildman–Crippen LogP) is 2.67. The van der Waals surface area contributed by atoms with Crippen LogP contribution in [0.15, 0.2) is 57.9 Å². The lowest BCUT2D eigenvalue weighted by molar-refractivity contribution is -0.115. The molecule has 0 saturated heterocycles. The number of rotatable bonds is 5. The van der Waals surface area contributed by atoms with Gasteiger partial charge in [-0.3, -0.25) is 4.79 Å². The Kier molecular flexibility index (Phi) is 5.33. The number of nitrogens with one attached hydrogen (secondary N) is 2. The average Bonchev–Trinajstić information content (AvgIpc) is 2.50. The van der Waals surface area contributed by atoms with Crippen LogP contribution in [-0.2, 0) is 14.8 Å². The summed E-state index contributed by atoms with van der Waals surface area (Å²) < 4.78 is 27.1. The summed E-state index contributed by atoms with van der Waals surface area (Å²) in [4.78, 5) is 12.0. The van der Waals surface area contributed by atoms with E-state index in [1.807, 2.05) is 13.0 Å². The Morgan fingerprint density at radius 2 is 1.82 bits per heavy atom. The van der Waals surface area contributed by atoms with Crippen LogP contribution in [0.4, 0.5) is 5.69 Å². The first-order valence-electron chi connectivity index (χ1n) is 6.49. The maximum absolute atomic E-state index is 12.0. The van der Waals surface area contributed by atoms with E-state index in [9.17, 15) is 13.2 Å². The molecule has 0 fully saturated rings. The first kappa shape index (κ1) is 16.7. The van der Waals surface area contributed by atoms with Gasteiger partial charge in [0.1, 0.15) is 0 Å². The van der Waals surface area contributed by atoms with Gasteiger partial charge >= 0.3 is 0 Å². The monoisotopic (exact) mass is 382 g/mol. The summed E-state index contributed by atoms with van der Waals surface area (Å²) in [6, 6.07) is 13.3. The highest BCUT2D eigenvalue weighted by Gasteiger charge is 2.14. The van der Waals surface area contributed by atoms with E-state index in [-0.39, 0.29) is 11.4 Å². The van der Waals surface area contributed by atoms with Crippen LogP contribution in [0, 0.1) is 6.92 Å². The first-order chi connectivity index (χ1) is 10.4. The Balaban J connectivity index is 1.97. The molecule has 1 amide bonds. The van der Waals surface area contributed by atoms with Crippen molar-refractivity contribution < 1.29 is 13.2 Å². The van der Waals surface area contributed by atoms with Crippen LogP contribution >= 0.6 is 15.9 Å². The highest BCUT2D eigenvalue weighted by atomic mass is 79.9. The zero-order valence-corrected chi connectivity index (χ0v) is 14.2. The van der Waals surface area contributed by atoms with Gasteiger partial charge < -0.3 is 5.32 Å². The lowest BCUT2D eigenvalue weighted by Gasteiger charge is -2.09. The van der Waals surface area contributed by atoms with Crippen molar-refractivity contribution >= 4 is 37.5 Å². The number of anilines is 1. The molecule has 0 radical (unpaired) electrons. The summed E-state index contributed by atoms with van der Waals surface area (Å²) in [5.74, 6) is -0.435. The first-order valence-corrected chi connectivity index (χ1v) is 8.77. The molecule has 0 spiro atoms. The van der Waals surface area contributed by atoms with Crippen molar-refractivity contribution in [2.45, 2.75) is 11.8 Å². The summed E-state index contributed by atoms with van der Waals surface area (Å²) in [6.45, 7) is 1.60. The summed E-state index contributed by atoms with van der Waals surface area (Å²) in [5.41, 5.74) is 1.64. The van der Waals surface area contributed by atoms with E-state index in [0.29, 0.717) is 5.69 Å². The molecule has 2 aromatic carbocycles. The van der Waals surface area contributed by atoms with Crippen molar-refractivity contribution in [3.05, 3.63) is 58.6 Å². The number of halogens is 1. The van der Waals surface area contributed by atoms with Gasteiger partial charge in [-0.25, -0.2) is 13.1 Å². The predicted molar refractivity (Wildman–Crippen MR) is 89.1 cm³/mol. The second-order valence-electron chi connectivity index (χ2n) is 4.65. The van der Waals surface area contributed by atoms with Crippen molar-refractivity contribution in [3.63, 3.8) is 0 Å². The molecule has 0 saturated carbocycles. The van der Waals surface area contributed by atoms with Crippen LogP contribution in [0.25, 0.3) is 0 Å². The van der Waals surface area contributed by atoms with Gasteiger partial charge in [-0.1, -0.05) is 40.2 Å². The Morgan fingerprint density at radius 3 is 2.45 bits per heavy atom. The van der Waals surface area contributed by atoms with Gasteiger partial charge in [-0.2, -0.15) is 0 Å². The number of carbonyl (C=O) groups is 1. The highest BCUT2D eigenvalue weighted by molar-refractivity contribution is 9.10. The molecule has 2 rings (SSSR count). The number of sulfonamides is 1. The molecule has 0 heterocycles. The largest absolute Gasteiger partial charge is 0.325 e. The molecule has 2 N–H and O–H groups in total. The standard InChI is InChI=1S/C15H15BrN2O3S/c1-11-7-8-12(9-14(11)16)18-15(19)10-17-22(20,21)13-5-3-2-4-6-13/h2-9,17H,10H2,1H3,(H,18,19). The maximum atomic E-state index is 12.0. The summed E-state index contributed by atoms with van der Waals surface area (Å²) in [6.07, 6.45) is 0. The second-order valence-corrected chi connectivity index (χ2v) is 7.27. The fraction of sp³-hybridized carbons (Fsp3) is 0.133. The third kappa shape index (κ3) is 4.40. The van der Waals surface area contributed by atoms with Gasteiger partial charge in [0.05, 0.1) is 11.4 Å². The van der Waals surface area contributed by atoms with E-state index >= 15 is 0 Å². The molecule has 5 nitrogen and oxygen atoms in total. The van der Waals surface area contributed by atoms with Crippen molar-refractivity contribution in [3.8, 4) is 0 Å². The van der Waals surface area contributed by atoms with Crippen LogP contribution in [-0.4, -0.2) is 20.9 Å². The topological polar surface area (TPSA) is 75.3 Å². The van der Waals surface area contributed by atoms with Crippen LogP contribution < -0.4 is 10.0 Å². The lowest BCUT2D eigenvalue weighted by Crippen LogP contribution is -2.32. The van der Waals surface area contributed by atoms with Crippen LogP contribution in [0.3, 0.4) is 0 Å². The third-order valence-electron chi connectivity index (χ3n) is 2.93. The fourth-order valence-corrected chi connectivity index (χ4v) is 3.10. The summed E-state index contributed by atoms with van der Waals surface area (Å²) in [7, 11) is -3.68. The molecule has 22 heavy (non-hydrogen) atoms. The molecule has 0 aliphatic heterocycles. The molecule has 0 bridgehead atoms. The van der Waals surface area contributed by atoms with Crippen molar-refractivity contribution in [2.24, 2.45) is 0 Å². The number of aryl methyl sites for hydroxylation is 1. The highest BCUT2D eigenvalue weighted by Crippen LogP contribution is 2.20. The number of amides is 1. The summed E-state index contributed by atoms with van der Waals surface area (Å²) in [5, 5.41) is 2.64. The molecule has 0 aromatic heterocycles. The van der Waals surface area contributed by atoms with Crippen LogP contribution in [0.2, 0.25) is 0 Å². The molecule has 7 heteroatoms. The Labute approximate surface area is 137 Å². The average molecular weight is 383 g/mol. The molecular weight excluding hydrogens is 368 g/mol. The molecule has 0 aliphatic carbocycles. The smallest absolute Gasteiger partial charge is 0.241 e. The van der Waals surface area contributed by atoms with Gasteiger partial charge in [0.15, 0.2) is 0 Å². The van der Waals surface area contributed by atoms with E-state index < -0.39 is 15.9 Å². The van der Waals surface area contributed by atoms with Gasteiger partial charge in [0, 0.05) is 10.2 Å². The number of benzene rings is 2. The normalized spacial score (nSPS) is 11.2. The molecule has 2 aromatic rings. The summed E-state index contributed by atoms with van der Waals surface area (Å²) >= 11 is 3.37. The van der Waals surface area contributed by atoms with Crippen molar-refractivity contribution in [1.29, 1.82) is 0 Å². The minimum absolute atomic E-state index is 0.126. The molecular formula is C15H15BrN2O3S. The van der Waals surface area contributed by atoms with Crippen molar-refractivity contribution in [2.75, 3.05) is 11.9 Å². The Bertz CT molecular complexity index is 777. The minimum Gasteiger partial charge on any atom is -0.325 e. The van der Waals surface area contributed by atoms with Gasteiger partial charge in [0.2, 0.25) is 15.9 Å². The van der Waals surface area contributed by atoms with Crippen molar-refractivity contribution in [1.82, 2.24) is 4.72 Å². The van der Waals surface area contributed by atoms with E-state index in [1.165, 1.54) is 12.1 Å². The SMILES string of the molecule is Cc1ccc(NC(=O)CNS(=O)(=O)c2ccccc2)cc1Br. The minimum atomic E-state index is -3.68. The lowest BCUT2D eigenvalue weighted by atomic mass is 10.2. The Hall–Kier alpha value is -1.70. The zero-order chi connectivity index (χ0) is 16.2. The fourth-order valence-electron chi connectivity index (χ4n) is 1.72.